The second-order valence-electron chi connectivity index (χ2n) is 5.12. The molecule has 0 bridgehead atoms. The standard InChI is InChI=1S/C17H23N3O2S.ClH/c1-3-11-22-14-7-5-13(6-8-14)17-20-15(12-23-17)16(21)19-10-4-9-18-2;/h5-8,12,18H,3-4,9-11H2,1-2H3,(H,19,21);1H. The van der Waals surface area contributed by atoms with E-state index in [4.69, 9.17) is 4.74 Å². The van der Waals surface area contributed by atoms with Crippen LogP contribution in [0.2, 0.25) is 0 Å². The monoisotopic (exact) mass is 369 g/mol. The Bertz CT molecular complexity index is 617. The molecule has 1 amide bonds. The molecule has 0 saturated heterocycles. The molecule has 0 saturated carbocycles. The minimum absolute atomic E-state index is 0. The average molecular weight is 370 g/mol. The van der Waals surface area contributed by atoms with Gasteiger partial charge in [-0.1, -0.05) is 6.92 Å². The van der Waals surface area contributed by atoms with Gasteiger partial charge < -0.3 is 15.4 Å². The van der Waals surface area contributed by atoms with Crippen LogP contribution in [0.3, 0.4) is 0 Å². The predicted octanol–water partition coefficient (Wildman–Crippen LogP) is 3.36. The number of thiazole rings is 1. The molecule has 0 atom stereocenters. The lowest BCUT2D eigenvalue weighted by Crippen LogP contribution is -2.26. The second kappa shape index (κ2) is 11.0. The van der Waals surface area contributed by atoms with Gasteiger partial charge in [-0.3, -0.25) is 4.79 Å². The minimum Gasteiger partial charge on any atom is -0.494 e. The van der Waals surface area contributed by atoms with Gasteiger partial charge in [-0.05, 0) is 50.7 Å². The van der Waals surface area contributed by atoms with Crippen molar-refractivity contribution in [1.29, 1.82) is 0 Å². The van der Waals surface area contributed by atoms with Gasteiger partial charge in [-0.25, -0.2) is 4.98 Å². The van der Waals surface area contributed by atoms with E-state index >= 15 is 0 Å². The number of nitrogens with zero attached hydrogens (tertiary/aromatic N) is 1. The number of halogens is 1. The van der Waals surface area contributed by atoms with Crippen LogP contribution in [0, 0.1) is 0 Å². The van der Waals surface area contributed by atoms with E-state index in [1.165, 1.54) is 11.3 Å². The summed E-state index contributed by atoms with van der Waals surface area (Å²) >= 11 is 1.47. The van der Waals surface area contributed by atoms with E-state index in [-0.39, 0.29) is 18.3 Å². The Balaban J connectivity index is 0.00000288. The van der Waals surface area contributed by atoms with Crippen LogP contribution in [0.1, 0.15) is 30.3 Å². The van der Waals surface area contributed by atoms with Crippen molar-refractivity contribution in [1.82, 2.24) is 15.6 Å². The van der Waals surface area contributed by atoms with Gasteiger partial charge in [0.05, 0.1) is 6.61 Å². The maximum atomic E-state index is 12.0. The quantitative estimate of drug-likeness (QED) is 0.665. The van der Waals surface area contributed by atoms with Gasteiger partial charge in [0.25, 0.3) is 5.91 Å². The van der Waals surface area contributed by atoms with Crippen LogP contribution >= 0.6 is 23.7 Å². The molecule has 2 aromatic rings. The predicted molar refractivity (Wildman–Crippen MR) is 101 cm³/mol. The van der Waals surface area contributed by atoms with Crippen molar-refractivity contribution >= 4 is 29.7 Å². The van der Waals surface area contributed by atoms with Crippen molar-refractivity contribution in [3.05, 3.63) is 35.3 Å². The minimum atomic E-state index is -0.119. The zero-order valence-corrected chi connectivity index (χ0v) is 15.6. The fourth-order valence-corrected chi connectivity index (χ4v) is 2.79. The number of benzene rings is 1. The summed E-state index contributed by atoms with van der Waals surface area (Å²) in [5, 5.41) is 8.56. The van der Waals surface area contributed by atoms with Crippen molar-refractivity contribution in [2.24, 2.45) is 0 Å². The summed E-state index contributed by atoms with van der Waals surface area (Å²) in [5.41, 5.74) is 1.47. The number of amides is 1. The Morgan fingerprint density at radius 3 is 2.67 bits per heavy atom. The van der Waals surface area contributed by atoms with Crippen molar-refractivity contribution in [3.8, 4) is 16.3 Å². The largest absolute Gasteiger partial charge is 0.494 e. The molecule has 2 rings (SSSR count). The molecule has 132 valence electrons. The second-order valence-corrected chi connectivity index (χ2v) is 5.98. The van der Waals surface area contributed by atoms with Gasteiger partial charge in [-0.15, -0.1) is 23.7 Å². The molecule has 0 fully saturated rings. The third kappa shape index (κ3) is 6.11. The Hall–Kier alpha value is -1.63. The Morgan fingerprint density at radius 2 is 2.00 bits per heavy atom. The van der Waals surface area contributed by atoms with Gasteiger partial charge in [-0.2, -0.15) is 0 Å². The molecule has 1 heterocycles. The maximum Gasteiger partial charge on any atom is 0.270 e. The van der Waals surface area contributed by atoms with Crippen molar-refractivity contribution in [2.45, 2.75) is 19.8 Å². The average Bonchev–Trinajstić information content (AvgIpc) is 3.07. The zero-order valence-electron chi connectivity index (χ0n) is 14.0. The van der Waals surface area contributed by atoms with Gasteiger partial charge in [0.1, 0.15) is 16.5 Å². The van der Waals surface area contributed by atoms with Gasteiger partial charge in [0.2, 0.25) is 0 Å². The molecule has 0 aliphatic rings. The molecule has 0 spiro atoms. The molecule has 0 unspecified atom stereocenters. The highest BCUT2D eigenvalue weighted by Crippen LogP contribution is 2.25. The lowest BCUT2D eigenvalue weighted by atomic mass is 10.2. The van der Waals surface area contributed by atoms with Crippen LogP contribution in [0.4, 0.5) is 0 Å². The lowest BCUT2D eigenvalue weighted by Gasteiger charge is -2.04. The van der Waals surface area contributed by atoms with Gasteiger partial charge in [0.15, 0.2) is 0 Å². The van der Waals surface area contributed by atoms with Crippen LogP contribution in [0.5, 0.6) is 5.75 Å². The van der Waals surface area contributed by atoms with Gasteiger partial charge in [0, 0.05) is 17.5 Å². The number of aromatic nitrogens is 1. The summed E-state index contributed by atoms with van der Waals surface area (Å²) in [4.78, 5) is 16.4. The van der Waals surface area contributed by atoms with E-state index in [2.05, 4.69) is 22.5 Å². The topological polar surface area (TPSA) is 63.2 Å². The summed E-state index contributed by atoms with van der Waals surface area (Å²) in [6.07, 6.45) is 1.89. The van der Waals surface area contributed by atoms with Gasteiger partial charge >= 0.3 is 0 Å². The summed E-state index contributed by atoms with van der Waals surface area (Å²) in [6, 6.07) is 7.81. The van der Waals surface area contributed by atoms with E-state index in [0.29, 0.717) is 18.8 Å². The summed E-state index contributed by atoms with van der Waals surface area (Å²) < 4.78 is 5.57. The highest BCUT2D eigenvalue weighted by Gasteiger charge is 2.11. The summed E-state index contributed by atoms with van der Waals surface area (Å²) in [5.74, 6) is 0.737. The molecule has 0 aliphatic heterocycles. The molecule has 0 radical (unpaired) electrons. The molecule has 0 aliphatic carbocycles. The smallest absolute Gasteiger partial charge is 0.270 e. The zero-order chi connectivity index (χ0) is 16.5. The molecule has 1 aromatic carbocycles. The molecule has 2 N–H and O–H groups in total. The van der Waals surface area contributed by atoms with Crippen molar-refractivity contribution in [3.63, 3.8) is 0 Å². The Morgan fingerprint density at radius 1 is 1.25 bits per heavy atom. The summed E-state index contributed by atoms with van der Waals surface area (Å²) in [6.45, 7) is 4.33. The van der Waals surface area contributed by atoms with Crippen LogP contribution in [-0.2, 0) is 0 Å². The van der Waals surface area contributed by atoms with Crippen LogP contribution in [0.25, 0.3) is 10.6 Å². The molecular weight excluding hydrogens is 346 g/mol. The molecule has 24 heavy (non-hydrogen) atoms. The Kier molecular flexibility index (Phi) is 9.37. The van der Waals surface area contributed by atoms with E-state index < -0.39 is 0 Å². The first-order chi connectivity index (χ1) is 11.2. The number of ether oxygens (including phenoxy) is 1. The number of hydrogen-bond acceptors (Lipinski definition) is 5. The third-order valence-corrected chi connectivity index (χ3v) is 4.09. The Labute approximate surface area is 153 Å². The third-order valence-electron chi connectivity index (χ3n) is 3.20. The normalized spacial score (nSPS) is 10.1. The number of hydrogen-bond donors (Lipinski definition) is 2. The number of nitrogens with one attached hydrogen (secondary N) is 2. The van der Waals surface area contributed by atoms with Crippen molar-refractivity contribution in [2.75, 3.05) is 26.7 Å². The fraction of sp³-hybridized carbons (Fsp3) is 0.412. The lowest BCUT2D eigenvalue weighted by molar-refractivity contribution is 0.0949. The number of carbonyl (C=O) groups is 1. The first-order valence-electron chi connectivity index (χ1n) is 7.86. The van der Waals surface area contributed by atoms with E-state index in [9.17, 15) is 4.79 Å². The number of carbonyl (C=O) groups excluding carboxylic acids is 1. The first kappa shape index (κ1) is 20.4. The summed E-state index contributed by atoms with van der Waals surface area (Å²) in [7, 11) is 1.90. The maximum absolute atomic E-state index is 12.0. The fourth-order valence-electron chi connectivity index (χ4n) is 1.98. The molecular formula is C17H24ClN3O2S. The molecule has 7 heteroatoms. The molecule has 1 aromatic heterocycles. The van der Waals surface area contributed by atoms with Crippen LogP contribution in [-0.4, -0.2) is 37.6 Å². The SMILES string of the molecule is CCCOc1ccc(-c2nc(C(=O)NCCCNC)cs2)cc1.Cl. The number of rotatable bonds is 9. The van der Waals surface area contributed by atoms with Crippen LogP contribution < -0.4 is 15.4 Å². The highest BCUT2D eigenvalue weighted by molar-refractivity contribution is 7.13. The van der Waals surface area contributed by atoms with Crippen molar-refractivity contribution < 1.29 is 9.53 Å². The van der Waals surface area contributed by atoms with E-state index in [0.717, 1.165) is 35.7 Å². The van der Waals surface area contributed by atoms with E-state index in [1.54, 1.807) is 5.38 Å². The first-order valence-corrected chi connectivity index (χ1v) is 8.74. The van der Waals surface area contributed by atoms with E-state index in [1.807, 2.05) is 31.3 Å². The molecule has 5 nitrogen and oxygen atoms in total. The highest BCUT2D eigenvalue weighted by atomic mass is 35.5. The van der Waals surface area contributed by atoms with Crippen LogP contribution in [0.15, 0.2) is 29.6 Å².